The van der Waals surface area contributed by atoms with Crippen molar-refractivity contribution in [1.29, 1.82) is 0 Å². The lowest BCUT2D eigenvalue weighted by atomic mass is 9.85. The fraction of sp³-hybridized carbons (Fsp3) is 0.556. The maximum atomic E-state index is 12.5. The van der Waals surface area contributed by atoms with Gasteiger partial charge in [0.2, 0.25) is 0 Å². The zero-order valence-electron chi connectivity index (χ0n) is 14.8. The van der Waals surface area contributed by atoms with Gasteiger partial charge < -0.3 is 15.1 Å². The highest BCUT2D eigenvalue weighted by Gasteiger charge is 2.31. The quantitative estimate of drug-likeness (QED) is 0.808. The number of aromatic nitrogens is 2. The molecule has 6 heteroatoms. The normalized spacial score (nSPS) is 18.8. The molecule has 2 aromatic heterocycles. The summed E-state index contributed by atoms with van der Waals surface area (Å²) in [6.45, 7) is 8.18. The van der Waals surface area contributed by atoms with Crippen molar-refractivity contribution in [1.82, 2.24) is 20.8 Å². The van der Waals surface area contributed by atoms with Gasteiger partial charge in [0.05, 0.1) is 12.2 Å². The minimum Gasteiger partial charge on any atom is -0.464 e. The van der Waals surface area contributed by atoms with Crippen LogP contribution in [0.1, 0.15) is 56.0 Å². The van der Waals surface area contributed by atoms with E-state index >= 15 is 0 Å². The van der Waals surface area contributed by atoms with Crippen LogP contribution in [-0.4, -0.2) is 22.3 Å². The number of nitrogens with one attached hydrogen (secondary N) is 3. The number of rotatable bonds is 3. The lowest BCUT2D eigenvalue weighted by molar-refractivity contribution is 0.203. The third-order valence-electron chi connectivity index (χ3n) is 4.54. The zero-order valence-corrected chi connectivity index (χ0v) is 14.8. The van der Waals surface area contributed by atoms with Gasteiger partial charge >= 0.3 is 6.03 Å². The summed E-state index contributed by atoms with van der Waals surface area (Å²) in [5.74, 6) is 1.64. The molecule has 2 aromatic rings. The van der Waals surface area contributed by atoms with Crippen LogP contribution in [0.25, 0.3) is 0 Å². The largest absolute Gasteiger partial charge is 0.464 e. The first-order valence-electron chi connectivity index (χ1n) is 8.47. The molecule has 3 rings (SSSR count). The number of nitrogens with zero attached hydrogens (tertiary/aromatic N) is 1. The first-order valence-corrected chi connectivity index (χ1v) is 8.47. The second-order valence-corrected chi connectivity index (χ2v) is 7.68. The summed E-state index contributed by atoms with van der Waals surface area (Å²) in [7, 11) is 0. The monoisotopic (exact) mass is 330 g/mol. The Morgan fingerprint density at radius 1 is 1.42 bits per heavy atom. The van der Waals surface area contributed by atoms with E-state index in [-0.39, 0.29) is 23.5 Å². The number of carbonyl (C=O) groups excluding carboxylic acids is 1. The van der Waals surface area contributed by atoms with E-state index in [1.165, 1.54) is 11.3 Å². The van der Waals surface area contributed by atoms with Crippen LogP contribution in [0, 0.1) is 12.3 Å². The Bertz CT molecular complexity index is 711. The van der Waals surface area contributed by atoms with Gasteiger partial charge in [-0.25, -0.2) is 4.79 Å². The van der Waals surface area contributed by atoms with E-state index in [0.29, 0.717) is 0 Å². The Balaban J connectivity index is 1.64. The molecular weight excluding hydrogens is 304 g/mol. The van der Waals surface area contributed by atoms with Crippen molar-refractivity contribution >= 4 is 6.03 Å². The molecule has 2 heterocycles. The van der Waals surface area contributed by atoms with Gasteiger partial charge in [-0.05, 0) is 49.3 Å². The summed E-state index contributed by atoms with van der Waals surface area (Å²) < 4.78 is 5.74. The SMILES string of the molecule is Cc1ccc([C@H](NC(=O)N[C@H]2CCc3[nH]ncc3C2)C(C)(C)C)o1. The van der Waals surface area contributed by atoms with Gasteiger partial charge in [0.1, 0.15) is 11.5 Å². The Morgan fingerprint density at radius 3 is 2.88 bits per heavy atom. The van der Waals surface area contributed by atoms with Crippen LogP contribution in [-0.2, 0) is 12.8 Å². The average Bonchev–Trinajstić information content (AvgIpc) is 3.11. The highest BCUT2D eigenvalue weighted by Crippen LogP contribution is 2.33. The molecular formula is C18H26N4O2. The molecule has 0 saturated heterocycles. The van der Waals surface area contributed by atoms with Crippen LogP contribution >= 0.6 is 0 Å². The molecule has 130 valence electrons. The lowest BCUT2D eigenvalue weighted by Gasteiger charge is -2.31. The molecule has 1 aliphatic carbocycles. The average molecular weight is 330 g/mol. The van der Waals surface area contributed by atoms with Crippen LogP contribution in [0.2, 0.25) is 0 Å². The van der Waals surface area contributed by atoms with Crippen LogP contribution in [0.4, 0.5) is 4.79 Å². The highest BCUT2D eigenvalue weighted by atomic mass is 16.3. The Hall–Kier alpha value is -2.24. The summed E-state index contributed by atoms with van der Waals surface area (Å²) in [4.78, 5) is 12.5. The molecule has 0 aromatic carbocycles. The molecule has 0 spiro atoms. The Morgan fingerprint density at radius 2 is 2.21 bits per heavy atom. The molecule has 0 radical (unpaired) electrons. The van der Waals surface area contributed by atoms with E-state index in [9.17, 15) is 4.79 Å². The Kier molecular flexibility index (Phi) is 4.39. The first-order chi connectivity index (χ1) is 11.3. The minimum atomic E-state index is -0.181. The van der Waals surface area contributed by atoms with Crippen molar-refractivity contribution in [2.75, 3.05) is 0 Å². The van der Waals surface area contributed by atoms with Gasteiger partial charge in [0, 0.05) is 11.7 Å². The second kappa shape index (κ2) is 6.34. The third kappa shape index (κ3) is 3.63. The Labute approximate surface area is 142 Å². The van der Waals surface area contributed by atoms with Gasteiger partial charge in [0.15, 0.2) is 0 Å². The molecule has 2 amide bonds. The molecule has 6 nitrogen and oxygen atoms in total. The number of H-pyrrole nitrogens is 1. The maximum Gasteiger partial charge on any atom is 0.315 e. The number of hydrogen-bond donors (Lipinski definition) is 3. The van der Waals surface area contributed by atoms with E-state index in [4.69, 9.17) is 4.42 Å². The van der Waals surface area contributed by atoms with Gasteiger partial charge in [-0.15, -0.1) is 0 Å². The highest BCUT2D eigenvalue weighted by molar-refractivity contribution is 5.75. The van der Waals surface area contributed by atoms with Crippen molar-refractivity contribution < 1.29 is 9.21 Å². The van der Waals surface area contributed by atoms with E-state index in [1.807, 2.05) is 25.3 Å². The van der Waals surface area contributed by atoms with E-state index in [0.717, 1.165) is 30.8 Å². The molecule has 24 heavy (non-hydrogen) atoms. The summed E-state index contributed by atoms with van der Waals surface area (Å²) in [6.07, 6.45) is 4.51. The topological polar surface area (TPSA) is 83.0 Å². The summed E-state index contributed by atoms with van der Waals surface area (Å²) >= 11 is 0. The molecule has 0 unspecified atom stereocenters. The van der Waals surface area contributed by atoms with Gasteiger partial charge in [-0.1, -0.05) is 20.8 Å². The summed E-state index contributed by atoms with van der Waals surface area (Å²) in [5.41, 5.74) is 2.24. The van der Waals surface area contributed by atoms with E-state index in [2.05, 4.69) is 41.6 Å². The predicted molar refractivity (Wildman–Crippen MR) is 91.7 cm³/mol. The number of furan rings is 1. The molecule has 0 bridgehead atoms. The van der Waals surface area contributed by atoms with Gasteiger partial charge in [0.25, 0.3) is 0 Å². The second-order valence-electron chi connectivity index (χ2n) is 7.68. The number of aromatic amines is 1. The van der Waals surface area contributed by atoms with Crippen molar-refractivity contribution in [2.45, 2.75) is 59.0 Å². The van der Waals surface area contributed by atoms with E-state index < -0.39 is 0 Å². The standard InChI is InChI=1S/C18H26N4O2/c1-11-5-8-15(24-11)16(18(2,3)4)21-17(23)20-13-6-7-14-12(9-13)10-19-22-14/h5,8,10,13,16H,6-7,9H2,1-4H3,(H,19,22)(H2,20,21,23)/t13-,16-/m0/s1. The molecule has 1 aliphatic rings. The number of fused-ring (bicyclic) bond motifs is 1. The predicted octanol–water partition coefficient (Wildman–Crippen LogP) is 3.26. The first kappa shape index (κ1) is 16.6. The lowest BCUT2D eigenvalue weighted by Crippen LogP contribution is -2.47. The third-order valence-corrected chi connectivity index (χ3v) is 4.54. The molecule has 0 saturated carbocycles. The number of hydrogen-bond acceptors (Lipinski definition) is 3. The molecule has 3 N–H and O–H groups in total. The summed E-state index contributed by atoms with van der Waals surface area (Å²) in [6, 6.07) is 3.66. The van der Waals surface area contributed by atoms with Crippen LogP contribution in [0.3, 0.4) is 0 Å². The van der Waals surface area contributed by atoms with Crippen LogP contribution in [0.5, 0.6) is 0 Å². The van der Waals surface area contributed by atoms with Gasteiger partial charge in [-0.2, -0.15) is 5.10 Å². The number of amides is 2. The minimum absolute atomic E-state index is 0.133. The maximum absolute atomic E-state index is 12.5. The number of urea groups is 1. The summed E-state index contributed by atoms with van der Waals surface area (Å²) in [5, 5.41) is 13.3. The molecule has 0 fully saturated rings. The smallest absolute Gasteiger partial charge is 0.315 e. The van der Waals surface area contributed by atoms with Crippen LogP contribution < -0.4 is 10.6 Å². The fourth-order valence-corrected chi connectivity index (χ4v) is 3.22. The molecule has 0 aliphatic heterocycles. The van der Waals surface area contributed by atoms with Crippen molar-refractivity contribution in [3.63, 3.8) is 0 Å². The van der Waals surface area contributed by atoms with Crippen molar-refractivity contribution in [2.24, 2.45) is 5.41 Å². The fourth-order valence-electron chi connectivity index (χ4n) is 3.22. The zero-order chi connectivity index (χ0) is 17.3. The van der Waals surface area contributed by atoms with Gasteiger partial charge in [-0.3, -0.25) is 5.10 Å². The number of aryl methyl sites for hydroxylation is 2. The van der Waals surface area contributed by atoms with E-state index in [1.54, 1.807) is 0 Å². The number of carbonyl (C=O) groups is 1. The van der Waals surface area contributed by atoms with Crippen LogP contribution in [0.15, 0.2) is 22.7 Å². The van der Waals surface area contributed by atoms with Crippen molar-refractivity contribution in [3.8, 4) is 0 Å². The molecule has 2 atom stereocenters. The van der Waals surface area contributed by atoms with Crippen molar-refractivity contribution in [3.05, 3.63) is 41.1 Å².